The summed E-state index contributed by atoms with van der Waals surface area (Å²) < 4.78 is 0. The lowest BCUT2D eigenvalue weighted by atomic mass is 10.1. The van der Waals surface area contributed by atoms with E-state index in [2.05, 4.69) is 10.2 Å². The number of hydrogen-bond acceptors (Lipinski definition) is 6. The molecule has 6 heteroatoms. The Bertz CT molecular complexity index is 1270. The monoisotopic (exact) mass is 382 g/mol. The molecule has 28 heavy (non-hydrogen) atoms. The van der Waals surface area contributed by atoms with Gasteiger partial charge in [0.1, 0.15) is 16.5 Å². The molecule has 0 bridgehead atoms. The van der Waals surface area contributed by atoms with E-state index in [1.807, 2.05) is 66.7 Å². The summed E-state index contributed by atoms with van der Waals surface area (Å²) in [5, 5.41) is 19.7. The number of aromatic hydroxyl groups is 1. The quantitative estimate of drug-likeness (QED) is 0.465. The van der Waals surface area contributed by atoms with Crippen molar-refractivity contribution in [3.05, 3.63) is 78.9 Å². The largest absolute Gasteiger partial charge is 0.508 e. The predicted octanol–water partition coefficient (Wildman–Crippen LogP) is 5.19. The van der Waals surface area contributed by atoms with E-state index in [9.17, 15) is 5.11 Å². The van der Waals surface area contributed by atoms with Crippen LogP contribution in [0.5, 0.6) is 5.75 Å². The van der Waals surface area contributed by atoms with Crippen LogP contribution in [0.25, 0.3) is 43.6 Å². The maximum Gasteiger partial charge on any atom is 0.168 e. The number of benzene rings is 3. The van der Waals surface area contributed by atoms with Crippen LogP contribution in [0.2, 0.25) is 0 Å². The molecule has 134 valence electrons. The lowest BCUT2D eigenvalue weighted by Gasteiger charge is -2.07. The van der Waals surface area contributed by atoms with E-state index in [1.165, 1.54) is 11.3 Å². The van der Waals surface area contributed by atoms with Crippen molar-refractivity contribution in [1.82, 2.24) is 20.2 Å². The van der Waals surface area contributed by atoms with Gasteiger partial charge >= 0.3 is 0 Å². The number of rotatable bonds is 3. The number of aromatic nitrogens is 4. The van der Waals surface area contributed by atoms with Crippen molar-refractivity contribution in [3.63, 3.8) is 0 Å². The SMILES string of the molecule is Oc1ccc(-c2nnc(-c3nc4ccccc4nc3-c3ccccc3)s2)cc1. The van der Waals surface area contributed by atoms with Crippen molar-refractivity contribution >= 4 is 22.4 Å². The van der Waals surface area contributed by atoms with Crippen LogP contribution in [0.15, 0.2) is 78.9 Å². The van der Waals surface area contributed by atoms with Gasteiger partial charge in [0.25, 0.3) is 0 Å². The van der Waals surface area contributed by atoms with Gasteiger partial charge in [-0.2, -0.15) is 0 Å². The highest BCUT2D eigenvalue weighted by atomic mass is 32.1. The Balaban J connectivity index is 1.69. The minimum Gasteiger partial charge on any atom is -0.508 e. The van der Waals surface area contributed by atoms with E-state index in [1.54, 1.807) is 12.1 Å². The first-order valence-corrected chi connectivity index (χ1v) is 9.55. The summed E-state index contributed by atoms with van der Waals surface area (Å²) in [5.74, 6) is 0.222. The summed E-state index contributed by atoms with van der Waals surface area (Å²) in [6, 6.07) is 24.7. The zero-order valence-corrected chi connectivity index (χ0v) is 15.5. The molecule has 0 aliphatic heterocycles. The van der Waals surface area contributed by atoms with Gasteiger partial charge in [-0.05, 0) is 36.4 Å². The van der Waals surface area contributed by atoms with Crippen LogP contribution >= 0.6 is 11.3 Å². The fourth-order valence-corrected chi connectivity index (χ4v) is 3.83. The third-order valence-electron chi connectivity index (χ3n) is 4.36. The highest BCUT2D eigenvalue weighted by Gasteiger charge is 2.17. The number of phenols is 1. The highest BCUT2D eigenvalue weighted by Crippen LogP contribution is 2.35. The van der Waals surface area contributed by atoms with Gasteiger partial charge < -0.3 is 5.11 Å². The molecule has 0 aliphatic rings. The first-order valence-electron chi connectivity index (χ1n) is 8.73. The average molecular weight is 382 g/mol. The Morgan fingerprint density at radius 2 is 1.18 bits per heavy atom. The fraction of sp³-hybridized carbons (Fsp3) is 0. The second-order valence-corrected chi connectivity index (χ2v) is 7.21. The van der Waals surface area contributed by atoms with Crippen LogP contribution in [-0.4, -0.2) is 25.3 Å². The summed E-state index contributed by atoms with van der Waals surface area (Å²) in [7, 11) is 0. The Morgan fingerprint density at radius 1 is 0.571 bits per heavy atom. The van der Waals surface area contributed by atoms with Gasteiger partial charge in [0.15, 0.2) is 5.01 Å². The maximum absolute atomic E-state index is 9.50. The van der Waals surface area contributed by atoms with Gasteiger partial charge in [-0.3, -0.25) is 0 Å². The normalized spacial score (nSPS) is 11.0. The van der Waals surface area contributed by atoms with E-state index < -0.39 is 0 Å². The van der Waals surface area contributed by atoms with Crippen LogP contribution in [0.4, 0.5) is 0 Å². The lowest BCUT2D eigenvalue weighted by Crippen LogP contribution is -1.95. The smallest absolute Gasteiger partial charge is 0.168 e. The minimum absolute atomic E-state index is 0.222. The van der Waals surface area contributed by atoms with Crippen molar-refractivity contribution < 1.29 is 5.11 Å². The third-order valence-corrected chi connectivity index (χ3v) is 5.34. The van der Waals surface area contributed by atoms with Crippen molar-refractivity contribution in [2.75, 3.05) is 0 Å². The molecule has 0 saturated carbocycles. The van der Waals surface area contributed by atoms with Crippen molar-refractivity contribution in [2.24, 2.45) is 0 Å². The van der Waals surface area contributed by atoms with Crippen LogP contribution < -0.4 is 0 Å². The molecule has 5 aromatic rings. The summed E-state index contributed by atoms with van der Waals surface area (Å²) in [5.41, 5.74) is 5.04. The molecule has 0 atom stereocenters. The van der Waals surface area contributed by atoms with Crippen molar-refractivity contribution in [1.29, 1.82) is 0 Å². The summed E-state index contributed by atoms with van der Waals surface area (Å²) >= 11 is 1.46. The Labute approximate surface area is 165 Å². The first kappa shape index (κ1) is 16.5. The van der Waals surface area contributed by atoms with Crippen LogP contribution in [0, 0.1) is 0 Å². The van der Waals surface area contributed by atoms with Gasteiger partial charge in [-0.15, -0.1) is 10.2 Å². The molecular weight excluding hydrogens is 368 g/mol. The summed E-state index contributed by atoms with van der Waals surface area (Å²) in [6.45, 7) is 0. The Hall–Kier alpha value is -3.64. The molecule has 5 nitrogen and oxygen atoms in total. The number of fused-ring (bicyclic) bond motifs is 1. The molecule has 0 spiro atoms. The van der Waals surface area contributed by atoms with Gasteiger partial charge in [0.05, 0.1) is 16.7 Å². The molecule has 0 fully saturated rings. The van der Waals surface area contributed by atoms with E-state index in [0.717, 1.165) is 32.9 Å². The molecule has 0 amide bonds. The zero-order valence-electron chi connectivity index (χ0n) is 14.6. The van der Waals surface area contributed by atoms with E-state index in [-0.39, 0.29) is 5.75 Å². The van der Waals surface area contributed by atoms with Gasteiger partial charge in [-0.25, -0.2) is 9.97 Å². The minimum atomic E-state index is 0.222. The van der Waals surface area contributed by atoms with Gasteiger partial charge in [0, 0.05) is 11.1 Å². The summed E-state index contributed by atoms with van der Waals surface area (Å²) in [4.78, 5) is 9.71. The standard InChI is InChI=1S/C22H14N4OS/c27-16-12-10-15(11-13-16)21-25-26-22(28-21)20-19(14-6-2-1-3-7-14)23-17-8-4-5-9-18(17)24-20/h1-13,27H. The van der Waals surface area contributed by atoms with E-state index >= 15 is 0 Å². The van der Waals surface area contributed by atoms with Gasteiger partial charge in [-0.1, -0.05) is 53.8 Å². The third kappa shape index (κ3) is 3.00. The Morgan fingerprint density at radius 3 is 1.89 bits per heavy atom. The number of nitrogens with zero attached hydrogens (tertiary/aromatic N) is 4. The summed E-state index contributed by atoms with van der Waals surface area (Å²) in [6.07, 6.45) is 0. The van der Waals surface area contributed by atoms with Crippen LogP contribution in [0.1, 0.15) is 0 Å². The topological polar surface area (TPSA) is 71.8 Å². The maximum atomic E-state index is 9.50. The lowest BCUT2D eigenvalue weighted by molar-refractivity contribution is 0.475. The van der Waals surface area contributed by atoms with E-state index in [4.69, 9.17) is 9.97 Å². The van der Waals surface area contributed by atoms with Crippen molar-refractivity contribution in [3.8, 4) is 38.3 Å². The zero-order chi connectivity index (χ0) is 18.9. The second-order valence-electron chi connectivity index (χ2n) is 6.23. The van der Waals surface area contributed by atoms with Crippen molar-refractivity contribution in [2.45, 2.75) is 0 Å². The van der Waals surface area contributed by atoms with Gasteiger partial charge in [0.2, 0.25) is 0 Å². The molecule has 0 radical (unpaired) electrons. The molecule has 2 aromatic heterocycles. The highest BCUT2D eigenvalue weighted by molar-refractivity contribution is 7.17. The fourth-order valence-electron chi connectivity index (χ4n) is 2.99. The van der Waals surface area contributed by atoms with Crippen LogP contribution in [-0.2, 0) is 0 Å². The molecular formula is C22H14N4OS. The van der Waals surface area contributed by atoms with E-state index in [0.29, 0.717) is 10.7 Å². The Kier molecular flexibility index (Phi) is 4.03. The van der Waals surface area contributed by atoms with Crippen LogP contribution in [0.3, 0.4) is 0 Å². The molecule has 3 aromatic carbocycles. The molecule has 0 aliphatic carbocycles. The number of para-hydroxylation sites is 2. The average Bonchev–Trinajstić information content (AvgIpc) is 3.24. The second kappa shape index (κ2) is 6.83. The number of hydrogen-bond donors (Lipinski definition) is 1. The molecule has 0 unspecified atom stereocenters. The molecule has 5 rings (SSSR count). The molecule has 1 N–H and O–H groups in total. The number of phenolic OH excluding ortho intramolecular Hbond substituents is 1. The molecule has 0 saturated heterocycles. The molecule has 2 heterocycles. The first-order chi connectivity index (χ1) is 13.8. The predicted molar refractivity (Wildman–Crippen MR) is 111 cm³/mol.